The Balaban J connectivity index is 0.681. The lowest BCUT2D eigenvalue weighted by Gasteiger charge is -2.37. The van der Waals surface area contributed by atoms with Crippen molar-refractivity contribution in [2.45, 2.75) is 69.6 Å². The molecule has 2 aromatic carbocycles. The molecule has 63 heavy (non-hydrogen) atoms. The number of aliphatic hydroxyl groups excluding tert-OH is 1. The average Bonchev–Trinajstić information content (AvgIpc) is 3.70. The number of imidazole rings is 1. The summed E-state index contributed by atoms with van der Waals surface area (Å²) in [6.45, 7) is 4.21. The van der Waals surface area contributed by atoms with Gasteiger partial charge in [0.15, 0.2) is 11.5 Å². The van der Waals surface area contributed by atoms with Gasteiger partial charge >= 0.3 is 0 Å². The molecule has 19 heteroatoms. The highest BCUT2D eigenvalue weighted by atomic mass is 19.1. The van der Waals surface area contributed by atoms with E-state index in [1.807, 2.05) is 15.5 Å². The molecule has 6 N–H and O–H groups in total. The summed E-state index contributed by atoms with van der Waals surface area (Å²) in [6, 6.07) is 8.64. The van der Waals surface area contributed by atoms with Crippen LogP contribution in [0.4, 0.5) is 21.6 Å². The summed E-state index contributed by atoms with van der Waals surface area (Å²) in [5.74, 6) is -1.91. The quantitative estimate of drug-likeness (QED) is 0.0581. The van der Waals surface area contributed by atoms with Crippen molar-refractivity contribution in [3.05, 3.63) is 89.4 Å². The number of aliphatic hydroxyl groups is 1. The molecule has 1 saturated carbocycles. The number of piperidine rings is 1. The summed E-state index contributed by atoms with van der Waals surface area (Å²) in [6.07, 6.45) is 11.1. The van der Waals surface area contributed by atoms with Crippen molar-refractivity contribution in [2.75, 3.05) is 56.4 Å². The van der Waals surface area contributed by atoms with Gasteiger partial charge < -0.3 is 21.1 Å². The Morgan fingerprint density at radius 2 is 1.79 bits per heavy atom. The number of imide groups is 2. The van der Waals surface area contributed by atoms with E-state index in [9.17, 15) is 29.1 Å². The van der Waals surface area contributed by atoms with Crippen LogP contribution in [0.1, 0.15) is 95.5 Å². The number of hydrogen-bond acceptors (Lipinski definition) is 13. The maximum atomic E-state index is 15.6. The molecule has 0 radical (unpaired) electrons. The van der Waals surface area contributed by atoms with Crippen LogP contribution in [-0.2, 0) is 14.4 Å². The number of carbonyl (C=O) groups is 5. The smallest absolute Gasteiger partial charge is 0.264 e. The number of rotatable bonds is 17. The van der Waals surface area contributed by atoms with Crippen molar-refractivity contribution in [3.8, 4) is 11.3 Å². The van der Waals surface area contributed by atoms with Gasteiger partial charge in [0.05, 0.1) is 40.6 Å². The van der Waals surface area contributed by atoms with Gasteiger partial charge in [0, 0.05) is 88.2 Å². The van der Waals surface area contributed by atoms with Crippen LogP contribution in [0.3, 0.4) is 0 Å². The summed E-state index contributed by atoms with van der Waals surface area (Å²) in [7, 11) is 0. The number of aromatic nitrogens is 5. The fourth-order valence-electron chi connectivity index (χ4n) is 8.55. The Hall–Kier alpha value is -6.57. The van der Waals surface area contributed by atoms with Gasteiger partial charge in [-0.3, -0.25) is 53.5 Å². The number of halogens is 1. The van der Waals surface area contributed by atoms with E-state index in [-0.39, 0.29) is 35.6 Å². The largest absolute Gasteiger partial charge is 0.384 e. The van der Waals surface area contributed by atoms with E-state index in [1.54, 1.807) is 48.9 Å². The van der Waals surface area contributed by atoms with Gasteiger partial charge in [0.1, 0.15) is 18.1 Å². The first-order valence-electron chi connectivity index (χ1n) is 21.6. The van der Waals surface area contributed by atoms with E-state index in [2.05, 4.69) is 41.3 Å². The minimum atomic E-state index is -1.02. The Morgan fingerprint density at radius 3 is 2.56 bits per heavy atom. The number of anilines is 3. The highest BCUT2D eigenvalue weighted by Gasteiger charge is 2.45. The van der Waals surface area contributed by atoms with Crippen LogP contribution >= 0.6 is 0 Å². The van der Waals surface area contributed by atoms with E-state index in [0.717, 1.165) is 47.5 Å². The number of amides is 5. The topological polar surface area (TPSA) is 222 Å². The normalized spacial score (nSPS) is 18.8. The van der Waals surface area contributed by atoms with E-state index in [1.165, 1.54) is 6.07 Å². The molecule has 0 spiro atoms. The van der Waals surface area contributed by atoms with Gasteiger partial charge in [-0.25, -0.2) is 14.4 Å². The molecule has 4 aliphatic rings. The summed E-state index contributed by atoms with van der Waals surface area (Å²) in [5.41, 5.74) is 4.85. The number of unbranched alkanes of at least 4 members (excludes halogenated alkanes) is 2. The second-order valence-electron chi connectivity index (χ2n) is 16.5. The molecule has 2 saturated heterocycles. The first-order chi connectivity index (χ1) is 30.6. The molecule has 2 atom stereocenters. The molecule has 0 bridgehead atoms. The molecule has 9 rings (SSSR count). The molecule has 5 aromatic rings. The number of hydrogen-bond donors (Lipinski definition) is 6. The zero-order chi connectivity index (χ0) is 43.6. The number of fused-ring (bicyclic) bond motifs is 2. The maximum absolute atomic E-state index is 15.6. The van der Waals surface area contributed by atoms with Crippen LogP contribution < -0.4 is 21.3 Å². The monoisotopic (exact) mass is 860 g/mol. The number of carbonyl (C=O) groups excluding carboxylic acids is 5. The Kier molecular flexibility index (Phi) is 12.0. The van der Waals surface area contributed by atoms with Crippen LogP contribution in [0.15, 0.2) is 61.2 Å². The van der Waals surface area contributed by atoms with Gasteiger partial charge in [-0.15, -0.1) is 0 Å². The van der Waals surface area contributed by atoms with Crippen LogP contribution in [0.2, 0.25) is 0 Å². The predicted octanol–water partition coefficient (Wildman–Crippen LogP) is 3.68. The van der Waals surface area contributed by atoms with Gasteiger partial charge in [0.2, 0.25) is 17.7 Å². The minimum absolute atomic E-state index is 0.0323. The van der Waals surface area contributed by atoms with E-state index in [0.29, 0.717) is 87.3 Å². The molecular formula is C44H49FN12O6. The van der Waals surface area contributed by atoms with Crippen molar-refractivity contribution in [3.63, 3.8) is 0 Å². The Morgan fingerprint density at radius 1 is 0.952 bits per heavy atom. The van der Waals surface area contributed by atoms with Gasteiger partial charge in [0.25, 0.3) is 11.8 Å². The van der Waals surface area contributed by atoms with E-state index in [4.69, 9.17) is 4.98 Å². The lowest BCUT2D eigenvalue weighted by Crippen LogP contribution is -2.54. The van der Waals surface area contributed by atoms with Crippen LogP contribution in [0.25, 0.3) is 16.9 Å². The molecule has 3 aromatic heterocycles. The van der Waals surface area contributed by atoms with Crippen LogP contribution in [-0.4, -0.2) is 126 Å². The second kappa shape index (κ2) is 18.0. The van der Waals surface area contributed by atoms with Gasteiger partial charge in [-0.05, 0) is 61.9 Å². The lowest BCUT2D eigenvalue weighted by atomic mass is 10.0. The fraction of sp³-hybridized carbons (Fsp3) is 0.409. The zero-order valence-corrected chi connectivity index (χ0v) is 34.6. The van der Waals surface area contributed by atoms with E-state index >= 15 is 4.39 Å². The number of benzene rings is 2. The van der Waals surface area contributed by atoms with Crippen molar-refractivity contribution in [1.29, 1.82) is 0 Å². The second-order valence-corrected chi connectivity index (χ2v) is 16.5. The average molecular weight is 861 g/mol. The SMILES string of the molecule is O=C(CCCCCNc1cccc2c1C(=O)N(C1CCC(=O)NC1=O)C2=O)NCCN1CCN(C(O)c2ccc(Nc3nc(C4CC4)cn4c(-c5cn[nH]c5)cnc34)c(F)c2)CC1. The summed E-state index contributed by atoms with van der Waals surface area (Å²) < 4.78 is 17.6. The van der Waals surface area contributed by atoms with Gasteiger partial charge in [-0.1, -0.05) is 18.6 Å². The van der Waals surface area contributed by atoms with Gasteiger partial charge in [-0.2, -0.15) is 5.10 Å². The predicted molar refractivity (Wildman–Crippen MR) is 228 cm³/mol. The first kappa shape index (κ1) is 41.8. The van der Waals surface area contributed by atoms with E-state index < -0.39 is 41.7 Å². The number of H-pyrrole nitrogens is 1. The Labute approximate surface area is 361 Å². The highest BCUT2D eigenvalue weighted by Crippen LogP contribution is 2.41. The third-order valence-electron chi connectivity index (χ3n) is 12.2. The number of nitrogens with zero attached hydrogens (tertiary/aromatic N) is 7. The zero-order valence-electron chi connectivity index (χ0n) is 34.6. The molecule has 5 amide bonds. The lowest BCUT2D eigenvalue weighted by molar-refractivity contribution is -0.136. The minimum Gasteiger partial charge on any atom is -0.384 e. The van der Waals surface area contributed by atoms with Crippen molar-refractivity contribution >= 4 is 52.4 Å². The van der Waals surface area contributed by atoms with Crippen molar-refractivity contribution in [2.24, 2.45) is 0 Å². The summed E-state index contributed by atoms with van der Waals surface area (Å²) >= 11 is 0. The molecule has 3 aliphatic heterocycles. The molecule has 2 unspecified atom stereocenters. The third-order valence-corrected chi connectivity index (χ3v) is 12.2. The maximum Gasteiger partial charge on any atom is 0.264 e. The summed E-state index contributed by atoms with van der Waals surface area (Å²) in [4.78, 5) is 77.5. The van der Waals surface area contributed by atoms with Crippen LogP contribution in [0.5, 0.6) is 0 Å². The molecule has 1 aliphatic carbocycles. The number of nitrogens with one attached hydrogen (secondary N) is 5. The number of piperazine rings is 1. The number of aromatic amines is 1. The highest BCUT2D eigenvalue weighted by molar-refractivity contribution is 6.25. The van der Waals surface area contributed by atoms with Crippen molar-refractivity contribution < 1.29 is 33.5 Å². The standard InChI is InChI=1S/C44H49FN12O6/c45-30-21-27(10-11-31(30)51-39-40-48-24-35(28-22-49-50-23-28)56(40)25-33(52-39)26-8-9-26)42(61)55-19-17-54(18-20-55)16-15-47-36(58)7-2-1-3-14-46-32-6-4-5-29-38(32)44(63)57(43(29)62)34-12-13-37(59)53-41(34)60/h4-6,10-11,21-26,34,42,46,61H,1-3,7-9,12-20H2,(H,47,58)(H,49,50)(H,51,52)(H,53,59,60). The van der Waals surface area contributed by atoms with Crippen LogP contribution in [0, 0.1) is 5.82 Å². The Bertz CT molecular complexity index is 2550. The summed E-state index contributed by atoms with van der Waals surface area (Å²) in [5, 5.41) is 29.7. The van der Waals surface area contributed by atoms with Crippen molar-refractivity contribution in [1.82, 2.24) is 49.9 Å². The fourth-order valence-corrected chi connectivity index (χ4v) is 8.55. The molecule has 3 fully saturated rings. The molecule has 328 valence electrons. The first-order valence-corrected chi connectivity index (χ1v) is 21.6. The molecule has 18 nitrogen and oxygen atoms in total. The molecule has 6 heterocycles. The molecular weight excluding hydrogens is 812 g/mol. The third kappa shape index (κ3) is 8.89.